The van der Waals surface area contributed by atoms with Crippen LogP contribution in [-0.4, -0.2) is 40.3 Å². The third-order valence-corrected chi connectivity index (χ3v) is 6.12. The van der Waals surface area contributed by atoms with Crippen molar-refractivity contribution in [2.24, 2.45) is 0 Å². The van der Waals surface area contributed by atoms with Crippen molar-refractivity contribution in [2.45, 2.75) is 19.8 Å². The number of hydrogen-bond acceptors (Lipinski definition) is 5. The lowest BCUT2D eigenvalue weighted by Gasteiger charge is -2.24. The minimum atomic E-state index is -3.73. The molecular weight excluding hydrogens is 452 g/mol. The Morgan fingerprint density at radius 3 is 2.26 bits per heavy atom. The van der Waals surface area contributed by atoms with E-state index in [1.807, 2.05) is 49.4 Å². The number of ether oxygens (including phenoxy) is 2. The van der Waals surface area contributed by atoms with Gasteiger partial charge >= 0.3 is 0 Å². The summed E-state index contributed by atoms with van der Waals surface area (Å²) in [5, 5.41) is 2.82. The fraction of sp³-hybridized carbons (Fsp3) is 0.269. The van der Waals surface area contributed by atoms with Crippen LogP contribution in [0.1, 0.15) is 18.9 Å². The second kappa shape index (κ2) is 12.1. The summed E-state index contributed by atoms with van der Waals surface area (Å²) in [6.07, 6.45) is 2.59. The quantitative estimate of drug-likeness (QED) is 0.387. The van der Waals surface area contributed by atoms with Crippen LogP contribution in [0.4, 0.5) is 5.69 Å². The molecule has 0 fully saturated rings. The summed E-state index contributed by atoms with van der Waals surface area (Å²) in [7, 11) is -3.73. The van der Waals surface area contributed by atoms with Crippen LogP contribution in [0.25, 0.3) is 0 Å². The van der Waals surface area contributed by atoms with Gasteiger partial charge in [0.1, 0.15) is 18.0 Å². The van der Waals surface area contributed by atoms with Crippen molar-refractivity contribution in [1.82, 2.24) is 5.32 Å². The van der Waals surface area contributed by atoms with Crippen molar-refractivity contribution in [3.8, 4) is 17.2 Å². The molecule has 1 amide bonds. The predicted molar refractivity (Wildman–Crippen MR) is 134 cm³/mol. The molecule has 3 rings (SSSR count). The van der Waals surface area contributed by atoms with Crippen molar-refractivity contribution in [2.75, 3.05) is 30.3 Å². The summed E-state index contributed by atoms with van der Waals surface area (Å²) < 4.78 is 37.5. The first-order valence-corrected chi connectivity index (χ1v) is 13.0. The van der Waals surface area contributed by atoms with Crippen LogP contribution in [0.15, 0.2) is 78.9 Å². The van der Waals surface area contributed by atoms with Gasteiger partial charge < -0.3 is 14.8 Å². The van der Waals surface area contributed by atoms with Crippen LogP contribution in [0.5, 0.6) is 17.2 Å². The highest BCUT2D eigenvalue weighted by Gasteiger charge is 2.24. The molecule has 0 aliphatic rings. The number of amides is 1. The molecule has 0 atom stereocenters. The van der Waals surface area contributed by atoms with Gasteiger partial charge in [-0.25, -0.2) is 8.42 Å². The van der Waals surface area contributed by atoms with E-state index in [1.54, 1.807) is 36.4 Å². The Morgan fingerprint density at radius 2 is 1.59 bits per heavy atom. The summed E-state index contributed by atoms with van der Waals surface area (Å²) >= 11 is 0. The SMILES string of the molecule is CCOc1ccc(CCCNC(=O)CN(c2ccccc2Oc2ccccc2)S(C)(=O)=O)cc1. The fourth-order valence-corrected chi connectivity index (χ4v) is 4.23. The molecule has 0 heterocycles. The number of nitrogens with zero attached hydrogens (tertiary/aromatic N) is 1. The normalized spacial score (nSPS) is 11.0. The summed E-state index contributed by atoms with van der Waals surface area (Å²) in [5.41, 5.74) is 1.45. The molecule has 3 aromatic carbocycles. The number of carbonyl (C=O) groups excluding carboxylic acids is 1. The van der Waals surface area contributed by atoms with E-state index in [0.717, 1.165) is 34.7 Å². The predicted octanol–water partition coefficient (Wildman–Crippen LogP) is 4.39. The summed E-state index contributed by atoms with van der Waals surface area (Å²) in [6.45, 7) is 2.66. The van der Waals surface area contributed by atoms with Crippen LogP contribution in [0, 0.1) is 0 Å². The Bertz CT molecular complexity index is 1170. The zero-order chi connectivity index (χ0) is 24.4. The molecule has 34 heavy (non-hydrogen) atoms. The van der Waals surface area contributed by atoms with E-state index < -0.39 is 10.0 Å². The fourth-order valence-electron chi connectivity index (χ4n) is 3.37. The van der Waals surface area contributed by atoms with Gasteiger partial charge in [-0.05, 0) is 61.7 Å². The van der Waals surface area contributed by atoms with Gasteiger partial charge in [0.2, 0.25) is 15.9 Å². The Labute approximate surface area is 201 Å². The van der Waals surface area contributed by atoms with E-state index in [9.17, 15) is 13.2 Å². The van der Waals surface area contributed by atoms with Crippen molar-refractivity contribution in [1.29, 1.82) is 0 Å². The topological polar surface area (TPSA) is 84.9 Å². The molecule has 3 aromatic rings. The molecule has 0 radical (unpaired) electrons. The third-order valence-electron chi connectivity index (χ3n) is 4.99. The van der Waals surface area contributed by atoms with Crippen LogP contribution >= 0.6 is 0 Å². The zero-order valence-corrected chi connectivity index (χ0v) is 20.3. The molecule has 0 saturated heterocycles. The van der Waals surface area contributed by atoms with Gasteiger partial charge in [0.05, 0.1) is 18.6 Å². The maximum atomic E-state index is 12.6. The van der Waals surface area contributed by atoms with Crippen LogP contribution in [0.3, 0.4) is 0 Å². The number of rotatable bonds is 12. The van der Waals surface area contributed by atoms with Gasteiger partial charge in [0.15, 0.2) is 5.75 Å². The molecule has 0 saturated carbocycles. The van der Waals surface area contributed by atoms with Crippen LogP contribution in [-0.2, 0) is 21.2 Å². The van der Waals surface area contributed by atoms with E-state index in [1.165, 1.54) is 0 Å². The Hall–Kier alpha value is -3.52. The molecule has 0 bridgehead atoms. The highest BCUT2D eigenvalue weighted by Crippen LogP contribution is 2.33. The lowest BCUT2D eigenvalue weighted by molar-refractivity contribution is -0.119. The van der Waals surface area contributed by atoms with E-state index in [4.69, 9.17) is 9.47 Å². The smallest absolute Gasteiger partial charge is 0.240 e. The maximum absolute atomic E-state index is 12.6. The first kappa shape index (κ1) is 25.1. The van der Waals surface area contributed by atoms with Crippen molar-refractivity contribution in [3.05, 3.63) is 84.4 Å². The van der Waals surface area contributed by atoms with E-state index in [-0.39, 0.29) is 12.5 Å². The second-order valence-corrected chi connectivity index (χ2v) is 9.59. The molecule has 0 aromatic heterocycles. The molecule has 180 valence electrons. The molecule has 0 unspecified atom stereocenters. The summed E-state index contributed by atoms with van der Waals surface area (Å²) in [6, 6.07) is 23.7. The first-order chi connectivity index (χ1) is 16.4. The largest absolute Gasteiger partial charge is 0.494 e. The lowest BCUT2D eigenvalue weighted by Crippen LogP contribution is -2.40. The van der Waals surface area contributed by atoms with Crippen molar-refractivity contribution < 1.29 is 22.7 Å². The van der Waals surface area contributed by atoms with Crippen LogP contribution < -0.4 is 19.1 Å². The minimum absolute atomic E-state index is 0.304. The van der Waals surface area contributed by atoms with Gasteiger partial charge in [-0.3, -0.25) is 9.10 Å². The molecule has 0 aliphatic carbocycles. The van der Waals surface area contributed by atoms with Gasteiger partial charge in [0.25, 0.3) is 0 Å². The number of anilines is 1. The second-order valence-electron chi connectivity index (χ2n) is 7.68. The van der Waals surface area contributed by atoms with Gasteiger partial charge in [0, 0.05) is 6.54 Å². The number of carbonyl (C=O) groups is 1. The van der Waals surface area contributed by atoms with Gasteiger partial charge in [-0.15, -0.1) is 0 Å². The standard InChI is InChI=1S/C26H30N2O5S/c1-3-32-22-17-15-21(16-18-22)10-9-19-27-26(29)20-28(34(2,30)31)24-13-7-8-14-25(24)33-23-11-5-4-6-12-23/h4-8,11-18H,3,9-10,19-20H2,1-2H3,(H,27,29). The van der Waals surface area contributed by atoms with Gasteiger partial charge in [-0.1, -0.05) is 42.5 Å². The number of aryl methyl sites for hydroxylation is 1. The Kier molecular flexibility index (Phi) is 8.93. The van der Waals surface area contributed by atoms with Crippen LogP contribution in [0.2, 0.25) is 0 Å². The zero-order valence-electron chi connectivity index (χ0n) is 19.4. The Balaban J connectivity index is 1.60. The monoisotopic (exact) mass is 482 g/mol. The van der Waals surface area contributed by atoms with Crippen molar-refractivity contribution in [3.63, 3.8) is 0 Å². The summed E-state index contributed by atoms with van der Waals surface area (Å²) in [5.74, 6) is 1.37. The lowest BCUT2D eigenvalue weighted by atomic mass is 10.1. The molecule has 1 N–H and O–H groups in total. The molecule has 7 nitrogen and oxygen atoms in total. The van der Waals surface area contributed by atoms with Crippen molar-refractivity contribution >= 4 is 21.6 Å². The number of hydrogen-bond donors (Lipinski definition) is 1. The van der Waals surface area contributed by atoms with E-state index in [0.29, 0.717) is 30.3 Å². The summed E-state index contributed by atoms with van der Waals surface area (Å²) in [4.78, 5) is 12.6. The highest BCUT2D eigenvalue weighted by atomic mass is 32.2. The third kappa shape index (κ3) is 7.52. The molecular formula is C26H30N2O5S. The van der Waals surface area contributed by atoms with E-state index >= 15 is 0 Å². The molecule has 0 spiro atoms. The number of para-hydroxylation sites is 3. The average Bonchev–Trinajstić information content (AvgIpc) is 2.82. The minimum Gasteiger partial charge on any atom is -0.494 e. The highest BCUT2D eigenvalue weighted by molar-refractivity contribution is 7.92. The van der Waals surface area contributed by atoms with E-state index in [2.05, 4.69) is 5.32 Å². The average molecular weight is 483 g/mol. The number of nitrogens with one attached hydrogen (secondary N) is 1. The molecule has 8 heteroatoms. The van der Waals surface area contributed by atoms with Gasteiger partial charge in [-0.2, -0.15) is 0 Å². The molecule has 0 aliphatic heterocycles. The number of benzene rings is 3. The Morgan fingerprint density at radius 1 is 0.912 bits per heavy atom. The number of sulfonamides is 1. The maximum Gasteiger partial charge on any atom is 0.240 e. The first-order valence-electron chi connectivity index (χ1n) is 11.1.